The molecule has 1 fully saturated rings. The molecule has 1 aromatic carbocycles. The second kappa shape index (κ2) is 7.78. The van der Waals surface area contributed by atoms with Gasteiger partial charge in [-0.25, -0.2) is 0 Å². The highest BCUT2D eigenvalue weighted by Gasteiger charge is 2.25. The molecular formula is C17H29N3O. The van der Waals surface area contributed by atoms with Crippen LogP contribution in [-0.4, -0.2) is 55.2 Å². The smallest absolute Gasteiger partial charge is 0.119 e. The second-order valence-corrected chi connectivity index (χ2v) is 6.17. The first kappa shape index (κ1) is 16.3. The molecule has 1 aliphatic rings. The van der Waals surface area contributed by atoms with Crippen molar-refractivity contribution in [2.24, 2.45) is 5.73 Å². The number of benzene rings is 1. The van der Waals surface area contributed by atoms with Gasteiger partial charge >= 0.3 is 0 Å². The van der Waals surface area contributed by atoms with Crippen LogP contribution >= 0.6 is 0 Å². The number of piperazine rings is 1. The molecule has 2 unspecified atom stereocenters. The summed E-state index contributed by atoms with van der Waals surface area (Å²) in [6.07, 6.45) is 1.07. The van der Waals surface area contributed by atoms with E-state index in [9.17, 15) is 0 Å². The Labute approximate surface area is 128 Å². The number of likely N-dealkylation sites (N-methyl/N-ethyl adjacent to an activating group) is 1. The number of hydrogen-bond acceptors (Lipinski definition) is 4. The lowest BCUT2D eigenvalue weighted by Crippen LogP contribution is -2.55. The lowest BCUT2D eigenvalue weighted by atomic mass is 10.1. The molecule has 0 amide bonds. The molecule has 21 heavy (non-hydrogen) atoms. The molecule has 1 aliphatic heterocycles. The van der Waals surface area contributed by atoms with Crippen LogP contribution in [0.3, 0.4) is 0 Å². The zero-order valence-corrected chi connectivity index (χ0v) is 13.6. The van der Waals surface area contributed by atoms with E-state index in [0.29, 0.717) is 18.6 Å². The van der Waals surface area contributed by atoms with Gasteiger partial charge in [-0.3, -0.25) is 4.90 Å². The summed E-state index contributed by atoms with van der Waals surface area (Å²) in [5.41, 5.74) is 6.73. The number of hydrogen-bond donors (Lipinski definition) is 1. The molecule has 0 spiro atoms. The standard InChI is InChI=1S/C17H29N3O/c1-14-12-20(13-15(2)19(14)3)9-4-10-21-17-7-5-16(11-18)6-8-17/h5-8,14-15H,4,9-13,18H2,1-3H3. The molecule has 1 saturated heterocycles. The van der Waals surface area contributed by atoms with Crippen LogP contribution < -0.4 is 10.5 Å². The van der Waals surface area contributed by atoms with E-state index in [-0.39, 0.29) is 0 Å². The van der Waals surface area contributed by atoms with Gasteiger partial charge in [0.2, 0.25) is 0 Å². The van der Waals surface area contributed by atoms with E-state index < -0.39 is 0 Å². The Morgan fingerprint density at radius 2 is 1.76 bits per heavy atom. The predicted octanol–water partition coefficient (Wildman–Crippen LogP) is 1.94. The van der Waals surface area contributed by atoms with Crippen molar-refractivity contribution < 1.29 is 4.74 Å². The third-order valence-corrected chi connectivity index (χ3v) is 4.48. The second-order valence-electron chi connectivity index (χ2n) is 6.17. The fraction of sp³-hybridized carbons (Fsp3) is 0.647. The van der Waals surface area contributed by atoms with Gasteiger partial charge in [-0.1, -0.05) is 12.1 Å². The summed E-state index contributed by atoms with van der Waals surface area (Å²) < 4.78 is 5.79. The molecule has 1 aromatic rings. The SMILES string of the molecule is CC1CN(CCCOc2ccc(CN)cc2)CC(C)N1C. The largest absolute Gasteiger partial charge is 0.494 e. The van der Waals surface area contributed by atoms with Gasteiger partial charge in [-0.05, 0) is 45.0 Å². The van der Waals surface area contributed by atoms with E-state index in [1.54, 1.807) is 0 Å². The van der Waals surface area contributed by atoms with Crippen molar-refractivity contribution >= 4 is 0 Å². The zero-order valence-electron chi connectivity index (χ0n) is 13.6. The Balaban J connectivity index is 1.67. The molecule has 2 atom stereocenters. The Morgan fingerprint density at radius 3 is 2.33 bits per heavy atom. The quantitative estimate of drug-likeness (QED) is 0.813. The Bertz CT molecular complexity index is 409. The summed E-state index contributed by atoms with van der Waals surface area (Å²) in [5.74, 6) is 0.937. The highest BCUT2D eigenvalue weighted by molar-refractivity contribution is 5.26. The predicted molar refractivity (Wildman–Crippen MR) is 87.6 cm³/mol. The maximum atomic E-state index is 5.79. The average molecular weight is 291 g/mol. The van der Waals surface area contributed by atoms with Gasteiger partial charge in [0.1, 0.15) is 5.75 Å². The fourth-order valence-electron chi connectivity index (χ4n) is 2.90. The number of rotatable bonds is 6. The highest BCUT2D eigenvalue weighted by atomic mass is 16.5. The molecule has 0 saturated carbocycles. The maximum absolute atomic E-state index is 5.79. The fourth-order valence-corrected chi connectivity index (χ4v) is 2.90. The number of ether oxygens (including phenoxy) is 1. The summed E-state index contributed by atoms with van der Waals surface area (Å²) in [6.45, 7) is 9.40. The first-order chi connectivity index (χ1) is 10.1. The first-order valence-electron chi connectivity index (χ1n) is 7.96. The van der Waals surface area contributed by atoms with Gasteiger partial charge in [0.15, 0.2) is 0 Å². The summed E-state index contributed by atoms with van der Waals surface area (Å²) in [5, 5.41) is 0. The minimum atomic E-state index is 0.583. The molecule has 4 nitrogen and oxygen atoms in total. The van der Waals surface area contributed by atoms with Gasteiger partial charge in [-0.15, -0.1) is 0 Å². The van der Waals surface area contributed by atoms with Crippen LogP contribution in [0.2, 0.25) is 0 Å². The van der Waals surface area contributed by atoms with Crippen molar-refractivity contribution in [3.8, 4) is 5.75 Å². The van der Waals surface area contributed by atoms with E-state index >= 15 is 0 Å². The molecule has 0 bridgehead atoms. The molecular weight excluding hydrogens is 262 g/mol. The van der Waals surface area contributed by atoms with Crippen molar-refractivity contribution in [3.05, 3.63) is 29.8 Å². The van der Waals surface area contributed by atoms with E-state index in [4.69, 9.17) is 10.5 Å². The normalized spacial score (nSPS) is 24.2. The summed E-state index contributed by atoms with van der Waals surface area (Å²) >= 11 is 0. The van der Waals surface area contributed by atoms with Crippen LogP contribution in [0.25, 0.3) is 0 Å². The van der Waals surface area contributed by atoms with Crippen LogP contribution in [0, 0.1) is 0 Å². The average Bonchev–Trinajstić information content (AvgIpc) is 2.49. The van der Waals surface area contributed by atoms with Gasteiger partial charge in [0, 0.05) is 38.3 Å². The Hall–Kier alpha value is -1.10. The van der Waals surface area contributed by atoms with E-state index in [2.05, 4.69) is 30.7 Å². The molecule has 0 radical (unpaired) electrons. The van der Waals surface area contributed by atoms with Crippen LogP contribution in [0.1, 0.15) is 25.8 Å². The number of nitrogens with zero attached hydrogens (tertiary/aromatic N) is 2. The van der Waals surface area contributed by atoms with Gasteiger partial charge in [0.05, 0.1) is 6.61 Å². The van der Waals surface area contributed by atoms with Crippen molar-refractivity contribution in [3.63, 3.8) is 0 Å². The monoisotopic (exact) mass is 291 g/mol. The lowest BCUT2D eigenvalue weighted by molar-refractivity contribution is 0.0571. The van der Waals surface area contributed by atoms with Crippen molar-refractivity contribution in [2.45, 2.75) is 38.9 Å². The van der Waals surface area contributed by atoms with Crippen LogP contribution in [0.15, 0.2) is 24.3 Å². The van der Waals surface area contributed by atoms with Gasteiger partial charge < -0.3 is 15.4 Å². The van der Waals surface area contributed by atoms with E-state index in [1.165, 1.54) is 0 Å². The van der Waals surface area contributed by atoms with Gasteiger partial charge in [-0.2, -0.15) is 0 Å². The van der Waals surface area contributed by atoms with Crippen molar-refractivity contribution in [1.82, 2.24) is 9.80 Å². The molecule has 1 heterocycles. The Kier molecular flexibility index (Phi) is 6.03. The minimum absolute atomic E-state index is 0.583. The molecule has 0 aromatic heterocycles. The topological polar surface area (TPSA) is 41.7 Å². The van der Waals surface area contributed by atoms with E-state index in [1.807, 2.05) is 24.3 Å². The summed E-state index contributed by atoms with van der Waals surface area (Å²) in [7, 11) is 2.22. The van der Waals surface area contributed by atoms with E-state index in [0.717, 1.165) is 44.0 Å². The molecule has 118 valence electrons. The summed E-state index contributed by atoms with van der Waals surface area (Å²) in [4.78, 5) is 5.02. The molecule has 4 heteroatoms. The molecule has 2 rings (SSSR count). The minimum Gasteiger partial charge on any atom is -0.494 e. The first-order valence-corrected chi connectivity index (χ1v) is 7.96. The maximum Gasteiger partial charge on any atom is 0.119 e. The lowest BCUT2D eigenvalue weighted by Gasteiger charge is -2.42. The Morgan fingerprint density at radius 1 is 1.14 bits per heavy atom. The van der Waals surface area contributed by atoms with Gasteiger partial charge in [0.25, 0.3) is 0 Å². The summed E-state index contributed by atoms with van der Waals surface area (Å²) in [6, 6.07) is 9.33. The van der Waals surface area contributed by atoms with Crippen LogP contribution in [0.5, 0.6) is 5.75 Å². The third kappa shape index (κ3) is 4.70. The van der Waals surface area contributed by atoms with Crippen molar-refractivity contribution in [1.29, 1.82) is 0 Å². The van der Waals surface area contributed by atoms with Crippen LogP contribution in [0.4, 0.5) is 0 Å². The van der Waals surface area contributed by atoms with Crippen LogP contribution in [-0.2, 0) is 6.54 Å². The highest BCUT2D eigenvalue weighted by Crippen LogP contribution is 2.14. The third-order valence-electron chi connectivity index (χ3n) is 4.48. The van der Waals surface area contributed by atoms with Crippen molar-refractivity contribution in [2.75, 3.05) is 33.3 Å². The number of nitrogens with two attached hydrogens (primary N) is 1. The zero-order chi connectivity index (χ0) is 15.2. The molecule has 2 N–H and O–H groups in total. The molecule has 0 aliphatic carbocycles.